The van der Waals surface area contributed by atoms with Crippen LogP contribution in [0.3, 0.4) is 0 Å². The normalized spacial score (nSPS) is 20.8. The van der Waals surface area contributed by atoms with Gasteiger partial charge in [-0.25, -0.2) is 18.2 Å². The Hall–Kier alpha value is -3.65. The lowest BCUT2D eigenvalue weighted by Gasteiger charge is -2.28. The third kappa shape index (κ3) is 4.26. The second kappa shape index (κ2) is 8.98. The smallest absolute Gasteiger partial charge is 0.389 e. The van der Waals surface area contributed by atoms with Crippen LogP contribution in [0.2, 0.25) is 0 Å². The number of β-amino-alcohol motifs (C(OH)–C–C–N with tert-alkyl or cyclic N) is 2. The Morgan fingerprint density at radius 1 is 1.05 bits per heavy atom. The number of aliphatic hydroxyl groups is 2. The van der Waals surface area contributed by atoms with Gasteiger partial charge in [0.2, 0.25) is 5.43 Å². The minimum absolute atomic E-state index is 0.0445. The Bertz CT molecular complexity index is 1490. The molecule has 0 bridgehead atoms. The van der Waals surface area contributed by atoms with E-state index in [1.165, 1.54) is 11.0 Å². The molecule has 1 aliphatic heterocycles. The number of pyridine rings is 2. The van der Waals surface area contributed by atoms with Gasteiger partial charge in [0.05, 0.1) is 29.2 Å². The molecule has 2 aromatic heterocycles. The van der Waals surface area contributed by atoms with Gasteiger partial charge in [-0.15, -0.1) is 0 Å². The van der Waals surface area contributed by atoms with E-state index in [4.69, 9.17) is 5.73 Å². The number of carbonyl (C=O) groups is 1. The molecule has 2 aliphatic rings. The molecule has 38 heavy (non-hydrogen) atoms. The Kier molecular flexibility index (Phi) is 6.14. The molecule has 0 spiro atoms. The van der Waals surface area contributed by atoms with Crippen LogP contribution in [0.25, 0.3) is 16.7 Å². The van der Waals surface area contributed by atoms with E-state index in [-0.39, 0.29) is 43.9 Å². The van der Waals surface area contributed by atoms with E-state index in [9.17, 15) is 37.4 Å². The highest BCUT2D eigenvalue weighted by Gasteiger charge is 2.53. The standard InChI is InChI=1S/C24H20F6N4O4/c25-10-5-12(26)19(13(27)6-10)34-20(18(9-1-2-9)24(28,29)30)17(22(31)38)21(37)11-3-4-16(32-23(11)34)33-7-14(35)15(36)8-33/h3-6,9,14-15,18,35-36H,1-2,7-8H2,(H2,31,38)/t14-,15-,18+/m1/s1. The first-order valence-corrected chi connectivity index (χ1v) is 11.5. The quantitative estimate of drug-likeness (QED) is 0.426. The summed E-state index contributed by atoms with van der Waals surface area (Å²) < 4.78 is 87.8. The number of aliphatic hydroxyl groups excluding tert-OH is 2. The number of anilines is 1. The number of aromatic nitrogens is 2. The predicted octanol–water partition coefficient (Wildman–Crippen LogP) is 2.50. The van der Waals surface area contributed by atoms with Crippen molar-refractivity contribution < 1.29 is 41.4 Å². The molecule has 5 rings (SSSR count). The highest BCUT2D eigenvalue weighted by molar-refractivity contribution is 5.98. The third-order valence-electron chi connectivity index (χ3n) is 6.82. The molecular formula is C24H20F6N4O4. The van der Waals surface area contributed by atoms with Crippen LogP contribution in [0.4, 0.5) is 32.2 Å². The molecule has 2 fully saturated rings. The summed E-state index contributed by atoms with van der Waals surface area (Å²) in [4.78, 5) is 31.3. The predicted molar refractivity (Wildman–Crippen MR) is 121 cm³/mol. The third-order valence-corrected chi connectivity index (χ3v) is 6.82. The summed E-state index contributed by atoms with van der Waals surface area (Å²) >= 11 is 0. The molecule has 0 radical (unpaired) electrons. The molecule has 202 valence electrons. The average molecular weight is 542 g/mol. The van der Waals surface area contributed by atoms with Crippen LogP contribution in [-0.4, -0.2) is 57.1 Å². The van der Waals surface area contributed by atoms with Gasteiger partial charge in [0.25, 0.3) is 5.91 Å². The SMILES string of the molecule is NC(=O)c1c([C@H](C2CC2)C(F)(F)F)n(-c2c(F)cc(F)cc2F)c2nc(N3C[C@@H](O)[C@H](O)C3)ccc2c1=O. The number of primary amides is 1. The van der Waals surface area contributed by atoms with Gasteiger partial charge in [0.1, 0.15) is 22.9 Å². The minimum Gasteiger partial charge on any atom is -0.389 e. The molecule has 14 heteroatoms. The molecule has 1 saturated heterocycles. The van der Waals surface area contributed by atoms with Crippen molar-refractivity contribution in [1.29, 1.82) is 0 Å². The fraction of sp³-hybridized carbons (Fsp3) is 0.375. The van der Waals surface area contributed by atoms with Crippen molar-refractivity contribution in [2.24, 2.45) is 11.7 Å². The van der Waals surface area contributed by atoms with Crippen molar-refractivity contribution in [1.82, 2.24) is 9.55 Å². The lowest BCUT2D eigenvalue weighted by molar-refractivity contribution is -0.156. The summed E-state index contributed by atoms with van der Waals surface area (Å²) in [5.41, 5.74) is 0.0924. The van der Waals surface area contributed by atoms with Crippen LogP contribution in [0.15, 0.2) is 29.1 Å². The molecule has 4 N–H and O–H groups in total. The number of nitrogens with zero attached hydrogens (tertiary/aromatic N) is 3. The molecule has 8 nitrogen and oxygen atoms in total. The van der Waals surface area contributed by atoms with E-state index in [2.05, 4.69) is 4.98 Å². The van der Waals surface area contributed by atoms with Gasteiger partial charge >= 0.3 is 6.18 Å². The number of carbonyl (C=O) groups excluding carboxylic acids is 1. The summed E-state index contributed by atoms with van der Waals surface area (Å²) in [5.74, 6) is -9.80. The van der Waals surface area contributed by atoms with Crippen molar-refractivity contribution in [2.75, 3.05) is 18.0 Å². The molecule has 0 unspecified atom stereocenters. The van der Waals surface area contributed by atoms with Gasteiger partial charge < -0.3 is 20.8 Å². The number of nitrogens with two attached hydrogens (primary N) is 1. The summed E-state index contributed by atoms with van der Waals surface area (Å²) in [6.07, 6.45) is -7.32. The van der Waals surface area contributed by atoms with Crippen LogP contribution < -0.4 is 16.1 Å². The lowest BCUT2D eigenvalue weighted by atomic mass is 9.92. The van der Waals surface area contributed by atoms with Gasteiger partial charge in [-0.05, 0) is 30.9 Å². The number of benzene rings is 1. The van der Waals surface area contributed by atoms with E-state index in [1.54, 1.807) is 0 Å². The largest absolute Gasteiger partial charge is 0.397 e. The topological polar surface area (TPSA) is 122 Å². The molecule has 1 aromatic carbocycles. The van der Waals surface area contributed by atoms with Crippen LogP contribution in [0, 0.1) is 23.4 Å². The number of rotatable bonds is 5. The first-order chi connectivity index (χ1) is 17.8. The number of hydrogen-bond acceptors (Lipinski definition) is 6. The summed E-state index contributed by atoms with van der Waals surface area (Å²) in [6, 6.07) is 2.81. The monoisotopic (exact) mass is 542 g/mol. The molecule has 3 atom stereocenters. The van der Waals surface area contributed by atoms with Crippen molar-refractivity contribution in [2.45, 2.75) is 37.1 Å². The lowest BCUT2D eigenvalue weighted by Crippen LogP contribution is -2.35. The van der Waals surface area contributed by atoms with E-state index in [0.717, 1.165) is 6.07 Å². The van der Waals surface area contributed by atoms with Gasteiger partial charge in [-0.1, -0.05) is 0 Å². The Morgan fingerprint density at radius 2 is 1.63 bits per heavy atom. The maximum Gasteiger partial charge on any atom is 0.397 e. The van der Waals surface area contributed by atoms with Crippen LogP contribution in [0.5, 0.6) is 0 Å². The molecule has 1 aliphatic carbocycles. The first kappa shape index (κ1) is 26.0. The van der Waals surface area contributed by atoms with E-state index in [1.807, 2.05) is 0 Å². The highest BCUT2D eigenvalue weighted by Crippen LogP contribution is 2.52. The first-order valence-electron chi connectivity index (χ1n) is 11.5. The average Bonchev–Trinajstić information content (AvgIpc) is 3.57. The van der Waals surface area contributed by atoms with Crippen molar-refractivity contribution in [3.63, 3.8) is 0 Å². The zero-order chi connectivity index (χ0) is 27.7. The van der Waals surface area contributed by atoms with Gasteiger partial charge in [0, 0.05) is 25.2 Å². The van der Waals surface area contributed by atoms with E-state index >= 15 is 8.78 Å². The van der Waals surface area contributed by atoms with Crippen LogP contribution >= 0.6 is 0 Å². The zero-order valence-corrected chi connectivity index (χ0v) is 19.3. The Morgan fingerprint density at radius 3 is 2.13 bits per heavy atom. The summed E-state index contributed by atoms with van der Waals surface area (Å²) in [5, 5.41) is 19.3. The van der Waals surface area contributed by atoms with E-state index < -0.39 is 87.0 Å². The number of fused-ring (bicyclic) bond motifs is 1. The van der Waals surface area contributed by atoms with Crippen LogP contribution in [-0.2, 0) is 0 Å². The van der Waals surface area contributed by atoms with E-state index in [0.29, 0.717) is 4.57 Å². The number of amides is 1. The van der Waals surface area contributed by atoms with Crippen molar-refractivity contribution in [3.05, 3.63) is 63.2 Å². The second-order valence-electron chi connectivity index (χ2n) is 9.44. The number of alkyl halides is 3. The maximum absolute atomic E-state index is 15.1. The number of halogens is 6. The van der Waals surface area contributed by atoms with Crippen LogP contribution in [0.1, 0.15) is 34.8 Å². The minimum atomic E-state index is -5.07. The fourth-order valence-corrected chi connectivity index (χ4v) is 4.98. The molecule has 1 amide bonds. The van der Waals surface area contributed by atoms with Gasteiger partial charge in [0.15, 0.2) is 17.3 Å². The molecular weight excluding hydrogens is 522 g/mol. The summed E-state index contributed by atoms with van der Waals surface area (Å²) in [7, 11) is 0. The van der Waals surface area contributed by atoms with Gasteiger partial charge in [-0.3, -0.25) is 14.2 Å². The molecule has 3 heterocycles. The van der Waals surface area contributed by atoms with Crippen molar-refractivity contribution >= 4 is 22.8 Å². The van der Waals surface area contributed by atoms with Crippen molar-refractivity contribution in [3.8, 4) is 5.69 Å². The van der Waals surface area contributed by atoms with Gasteiger partial charge in [-0.2, -0.15) is 13.2 Å². The Labute approximate surface area is 209 Å². The second-order valence-corrected chi connectivity index (χ2v) is 9.44. The molecule has 3 aromatic rings. The zero-order valence-electron chi connectivity index (χ0n) is 19.3. The maximum atomic E-state index is 15.1. The Balaban J connectivity index is 1.95. The number of hydrogen-bond donors (Lipinski definition) is 3. The summed E-state index contributed by atoms with van der Waals surface area (Å²) in [6.45, 7) is -0.273. The fourth-order valence-electron chi connectivity index (χ4n) is 4.98. The molecule has 1 saturated carbocycles. The highest BCUT2D eigenvalue weighted by atomic mass is 19.4.